The largest absolute Gasteiger partial charge is 0.325 e. The Balaban J connectivity index is 2.62. The number of aromatic nitrogens is 2. The molecule has 0 unspecified atom stereocenters. The fourth-order valence-corrected chi connectivity index (χ4v) is 1.63. The normalized spacial score (nSPS) is 10.8. The van der Waals surface area contributed by atoms with Gasteiger partial charge in [0.15, 0.2) is 0 Å². The van der Waals surface area contributed by atoms with Crippen molar-refractivity contribution >= 4 is 0 Å². The van der Waals surface area contributed by atoms with Crippen LogP contribution in [0.3, 0.4) is 0 Å². The Bertz CT molecular complexity index is 520. The van der Waals surface area contributed by atoms with Gasteiger partial charge in [0.1, 0.15) is 11.6 Å². The third-order valence-corrected chi connectivity index (χ3v) is 2.47. The molecule has 5 heteroatoms. The van der Waals surface area contributed by atoms with E-state index in [-0.39, 0.29) is 12.1 Å². The summed E-state index contributed by atoms with van der Waals surface area (Å²) >= 11 is 0. The molecule has 1 aromatic carbocycles. The highest BCUT2D eigenvalue weighted by molar-refractivity contribution is 5.66. The molecule has 0 amide bonds. The van der Waals surface area contributed by atoms with Gasteiger partial charge in [0.05, 0.1) is 11.9 Å². The summed E-state index contributed by atoms with van der Waals surface area (Å²) in [5.41, 5.74) is 6.93. The number of hydrogen-bond donors (Lipinski definition) is 1. The highest BCUT2D eigenvalue weighted by atomic mass is 19.1. The first kappa shape index (κ1) is 10.8. The summed E-state index contributed by atoms with van der Waals surface area (Å²) < 4.78 is 28.1. The van der Waals surface area contributed by atoms with Crippen molar-refractivity contribution in [3.63, 3.8) is 0 Å². The summed E-state index contributed by atoms with van der Waals surface area (Å²) in [6.07, 6.45) is 1.49. The molecule has 0 aliphatic heterocycles. The van der Waals surface area contributed by atoms with Crippen LogP contribution in [0, 0.1) is 11.6 Å². The maximum atomic E-state index is 13.5. The second-order valence-electron chi connectivity index (χ2n) is 3.46. The van der Waals surface area contributed by atoms with Crippen LogP contribution in [-0.2, 0) is 13.6 Å². The first-order chi connectivity index (χ1) is 7.63. The molecule has 1 heterocycles. The molecule has 0 saturated heterocycles. The van der Waals surface area contributed by atoms with E-state index in [9.17, 15) is 8.78 Å². The van der Waals surface area contributed by atoms with Crippen LogP contribution in [0.25, 0.3) is 11.1 Å². The van der Waals surface area contributed by atoms with Gasteiger partial charge in [0.2, 0.25) is 0 Å². The monoisotopic (exact) mass is 223 g/mol. The fourth-order valence-electron chi connectivity index (χ4n) is 1.63. The minimum absolute atomic E-state index is 0.188. The summed E-state index contributed by atoms with van der Waals surface area (Å²) in [5, 5.41) is 3.98. The number of hydrogen-bond acceptors (Lipinski definition) is 2. The Morgan fingerprint density at radius 1 is 1.31 bits per heavy atom. The summed E-state index contributed by atoms with van der Waals surface area (Å²) in [4.78, 5) is 0. The predicted molar refractivity (Wildman–Crippen MR) is 56.5 cm³/mol. The SMILES string of the molecule is Cn1ncc(-c2cc(F)ccc2F)c1CN. The molecule has 1 aromatic heterocycles. The van der Waals surface area contributed by atoms with Crippen LogP contribution in [-0.4, -0.2) is 9.78 Å². The van der Waals surface area contributed by atoms with Gasteiger partial charge in [-0.25, -0.2) is 8.78 Å². The average Bonchev–Trinajstić information content (AvgIpc) is 2.63. The van der Waals surface area contributed by atoms with Crippen LogP contribution >= 0.6 is 0 Å². The second kappa shape index (κ2) is 4.02. The molecule has 0 bridgehead atoms. The topological polar surface area (TPSA) is 43.8 Å². The van der Waals surface area contributed by atoms with Crippen LogP contribution < -0.4 is 5.73 Å². The maximum absolute atomic E-state index is 13.5. The summed E-state index contributed by atoms with van der Waals surface area (Å²) in [5.74, 6) is -0.965. The van der Waals surface area contributed by atoms with E-state index in [0.717, 1.165) is 18.2 Å². The minimum Gasteiger partial charge on any atom is -0.325 e. The van der Waals surface area contributed by atoms with E-state index in [1.54, 1.807) is 11.7 Å². The lowest BCUT2D eigenvalue weighted by molar-refractivity contribution is 0.603. The van der Waals surface area contributed by atoms with Crippen molar-refractivity contribution < 1.29 is 8.78 Å². The molecule has 0 radical (unpaired) electrons. The van der Waals surface area contributed by atoms with Crippen molar-refractivity contribution in [3.05, 3.63) is 41.7 Å². The third kappa shape index (κ3) is 1.69. The van der Waals surface area contributed by atoms with Crippen LogP contribution in [0.1, 0.15) is 5.69 Å². The summed E-state index contributed by atoms with van der Waals surface area (Å²) in [6.45, 7) is 0.224. The molecular weight excluding hydrogens is 212 g/mol. The van der Waals surface area contributed by atoms with E-state index in [1.807, 2.05) is 0 Å². The first-order valence-electron chi connectivity index (χ1n) is 4.80. The Hall–Kier alpha value is -1.75. The lowest BCUT2D eigenvalue weighted by atomic mass is 10.1. The van der Waals surface area contributed by atoms with Crippen LogP contribution in [0.5, 0.6) is 0 Å². The van der Waals surface area contributed by atoms with Gasteiger partial charge in [-0.15, -0.1) is 0 Å². The Kier molecular flexibility index (Phi) is 2.70. The van der Waals surface area contributed by atoms with Crippen molar-refractivity contribution in [2.24, 2.45) is 12.8 Å². The molecule has 2 aromatic rings. The molecule has 0 aliphatic rings. The first-order valence-corrected chi connectivity index (χ1v) is 4.80. The molecule has 2 rings (SSSR count). The third-order valence-electron chi connectivity index (χ3n) is 2.47. The van der Waals surface area contributed by atoms with Gasteiger partial charge in [-0.05, 0) is 18.2 Å². The van der Waals surface area contributed by atoms with E-state index in [1.165, 1.54) is 6.20 Å². The van der Waals surface area contributed by atoms with Crippen molar-refractivity contribution in [2.45, 2.75) is 6.54 Å². The molecule has 16 heavy (non-hydrogen) atoms. The van der Waals surface area contributed by atoms with Crippen molar-refractivity contribution in [1.82, 2.24) is 9.78 Å². The predicted octanol–water partition coefficient (Wildman–Crippen LogP) is 1.82. The van der Waals surface area contributed by atoms with Gasteiger partial charge < -0.3 is 5.73 Å². The van der Waals surface area contributed by atoms with E-state index in [2.05, 4.69) is 5.10 Å². The molecule has 0 fully saturated rings. The van der Waals surface area contributed by atoms with Gasteiger partial charge >= 0.3 is 0 Å². The van der Waals surface area contributed by atoms with Crippen LogP contribution in [0.4, 0.5) is 8.78 Å². The highest BCUT2D eigenvalue weighted by Crippen LogP contribution is 2.26. The van der Waals surface area contributed by atoms with Gasteiger partial charge in [-0.2, -0.15) is 5.10 Å². The maximum Gasteiger partial charge on any atom is 0.131 e. The number of halogens is 2. The van der Waals surface area contributed by atoms with E-state index in [0.29, 0.717) is 11.3 Å². The number of aryl methyl sites for hydroxylation is 1. The van der Waals surface area contributed by atoms with Crippen LogP contribution in [0.15, 0.2) is 24.4 Å². The molecule has 2 N–H and O–H groups in total. The van der Waals surface area contributed by atoms with Gasteiger partial charge in [0, 0.05) is 24.7 Å². The minimum atomic E-state index is -0.483. The lowest BCUT2D eigenvalue weighted by Gasteiger charge is -2.04. The molecule has 0 aliphatic carbocycles. The highest BCUT2D eigenvalue weighted by Gasteiger charge is 2.13. The van der Waals surface area contributed by atoms with Crippen LogP contribution in [0.2, 0.25) is 0 Å². The Morgan fingerprint density at radius 2 is 2.06 bits per heavy atom. The molecule has 3 nitrogen and oxygen atoms in total. The molecule has 0 spiro atoms. The zero-order valence-corrected chi connectivity index (χ0v) is 8.74. The fraction of sp³-hybridized carbons (Fsp3) is 0.182. The zero-order chi connectivity index (χ0) is 11.7. The van der Waals surface area contributed by atoms with E-state index < -0.39 is 11.6 Å². The molecule has 84 valence electrons. The number of nitrogens with two attached hydrogens (primary N) is 1. The van der Waals surface area contributed by atoms with Crippen molar-refractivity contribution in [1.29, 1.82) is 0 Å². The lowest BCUT2D eigenvalue weighted by Crippen LogP contribution is -2.05. The van der Waals surface area contributed by atoms with Gasteiger partial charge in [0.25, 0.3) is 0 Å². The Morgan fingerprint density at radius 3 is 2.75 bits per heavy atom. The van der Waals surface area contributed by atoms with Crippen molar-refractivity contribution in [2.75, 3.05) is 0 Å². The smallest absolute Gasteiger partial charge is 0.131 e. The van der Waals surface area contributed by atoms with E-state index >= 15 is 0 Å². The van der Waals surface area contributed by atoms with E-state index in [4.69, 9.17) is 5.73 Å². The standard InChI is InChI=1S/C11H11F2N3/c1-16-11(5-14)9(6-15-16)8-4-7(12)2-3-10(8)13/h2-4,6H,5,14H2,1H3. The van der Waals surface area contributed by atoms with Gasteiger partial charge in [-0.1, -0.05) is 0 Å². The average molecular weight is 223 g/mol. The molecular formula is C11H11F2N3. The zero-order valence-electron chi connectivity index (χ0n) is 8.74. The molecule has 0 saturated carbocycles. The summed E-state index contributed by atoms with van der Waals surface area (Å²) in [7, 11) is 1.71. The second-order valence-corrected chi connectivity index (χ2v) is 3.46. The number of benzene rings is 1. The quantitative estimate of drug-likeness (QED) is 0.844. The number of nitrogens with zero attached hydrogens (tertiary/aromatic N) is 2. The van der Waals surface area contributed by atoms with Gasteiger partial charge in [-0.3, -0.25) is 4.68 Å². The molecule has 0 atom stereocenters. The van der Waals surface area contributed by atoms with Crippen molar-refractivity contribution in [3.8, 4) is 11.1 Å². The number of rotatable bonds is 2. The summed E-state index contributed by atoms with van der Waals surface area (Å²) in [6, 6.07) is 3.32. The Labute approximate surface area is 91.5 Å².